The lowest BCUT2D eigenvalue weighted by atomic mass is 10.1. The first-order chi connectivity index (χ1) is 6.45. The van der Waals surface area contributed by atoms with E-state index in [2.05, 4.69) is 44.9 Å². The van der Waals surface area contributed by atoms with Crippen molar-refractivity contribution < 1.29 is 0 Å². The predicted molar refractivity (Wildman–Crippen MR) is 64.7 cm³/mol. The van der Waals surface area contributed by atoms with Gasteiger partial charge in [0, 0.05) is 18.1 Å². The molecule has 1 atom stereocenters. The summed E-state index contributed by atoms with van der Waals surface area (Å²) in [5, 5.41) is 6.96. The number of allylic oxidation sites excluding steroid dienone is 1. The fraction of sp³-hybridized carbons (Fsp3) is 0.833. The van der Waals surface area contributed by atoms with Crippen molar-refractivity contribution in [3.63, 3.8) is 0 Å². The van der Waals surface area contributed by atoms with Crippen LogP contribution in [0.3, 0.4) is 0 Å². The number of nitrogens with one attached hydrogen (secondary N) is 2. The van der Waals surface area contributed by atoms with Gasteiger partial charge in [-0.25, -0.2) is 0 Å². The number of hydrogen-bond acceptors (Lipinski definition) is 2. The normalized spacial score (nSPS) is 14.0. The molecule has 0 aromatic carbocycles. The van der Waals surface area contributed by atoms with E-state index in [1.54, 1.807) is 0 Å². The van der Waals surface area contributed by atoms with Crippen molar-refractivity contribution in [2.24, 2.45) is 0 Å². The maximum Gasteiger partial charge on any atom is 0.0164 e. The van der Waals surface area contributed by atoms with E-state index in [1.165, 1.54) is 6.42 Å². The van der Waals surface area contributed by atoms with Crippen LogP contribution in [0.1, 0.15) is 40.5 Å². The minimum atomic E-state index is 0.219. The largest absolute Gasteiger partial charge is 0.313 e. The zero-order valence-corrected chi connectivity index (χ0v) is 10.2. The van der Waals surface area contributed by atoms with Gasteiger partial charge >= 0.3 is 0 Å². The fourth-order valence-electron chi connectivity index (χ4n) is 1.13. The minimum Gasteiger partial charge on any atom is -0.313 e. The highest BCUT2D eigenvalue weighted by atomic mass is 15.0. The van der Waals surface area contributed by atoms with E-state index in [-0.39, 0.29) is 5.54 Å². The molecule has 0 radical (unpaired) electrons. The van der Waals surface area contributed by atoms with Gasteiger partial charge in [-0.3, -0.25) is 0 Å². The van der Waals surface area contributed by atoms with Gasteiger partial charge in [0.05, 0.1) is 0 Å². The van der Waals surface area contributed by atoms with E-state index in [0.717, 1.165) is 19.5 Å². The second kappa shape index (κ2) is 7.02. The molecule has 84 valence electrons. The van der Waals surface area contributed by atoms with Crippen LogP contribution in [-0.2, 0) is 0 Å². The van der Waals surface area contributed by atoms with Gasteiger partial charge < -0.3 is 10.6 Å². The lowest BCUT2D eigenvalue weighted by Crippen LogP contribution is -2.44. The lowest BCUT2D eigenvalue weighted by molar-refractivity contribution is 0.387. The summed E-state index contributed by atoms with van der Waals surface area (Å²) in [5.41, 5.74) is 0.219. The Bertz CT molecular complexity index is 147. The van der Waals surface area contributed by atoms with E-state index in [9.17, 15) is 0 Å². The molecule has 2 heteroatoms. The first-order valence-electron chi connectivity index (χ1n) is 5.55. The molecule has 0 aromatic rings. The molecule has 14 heavy (non-hydrogen) atoms. The maximum atomic E-state index is 3.71. The van der Waals surface area contributed by atoms with Crippen molar-refractivity contribution in [3.8, 4) is 0 Å². The van der Waals surface area contributed by atoms with Gasteiger partial charge in [-0.1, -0.05) is 6.08 Å². The van der Waals surface area contributed by atoms with Crippen LogP contribution in [0.2, 0.25) is 0 Å². The first kappa shape index (κ1) is 13.7. The molecule has 1 unspecified atom stereocenters. The highest BCUT2D eigenvalue weighted by Gasteiger charge is 2.09. The van der Waals surface area contributed by atoms with Gasteiger partial charge in [0.1, 0.15) is 0 Å². The Hall–Kier alpha value is -0.340. The van der Waals surface area contributed by atoms with Crippen LogP contribution in [-0.4, -0.2) is 24.7 Å². The minimum absolute atomic E-state index is 0.219. The van der Waals surface area contributed by atoms with Gasteiger partial charge in [0.25, 0.3) is 0 Å². The molecule has 0 aliphatic carbocycles. The van der Waals surface area contributed by atoms with E-state index in [1.807, 2.05) is 6.08 Å². The van der Waals surface area contributed by atoms with Crippen molar-refractivity contribution in [1.82, 2.24) is 10.6 Å². The number of unbranched alkanes of at least 4 members (excludes halogenated alkanes) is 1. The van der Waals surface area contributed by atoms with Crippen LogP contribution >= 0.6 is 0 Å². The SMILES string of the molecule is C=CCCCNC(C)CNC(C)(C)C. The van der Waals surface area contributed by atoms with Crippen molar-refractivity contribution in [1.29, 1.82) is 0 Å². The topological polar surface area (TPSA) is 24.1 Å². The summed E-state index contributed by atoms with van der Waals surface area (Å²) in [5.74, 6) is 0. The Labute approximate surface area is 89.2 Å². The van der Waals surface area contributed by atoms with Crippen molar-refractivity contribution in [2.45, 2.75) is 52.1 Å². The summed E-state index contributed by atoms with van der Waals surface area (Å²) >= 11 is 0. The second-order valence-corrected chi connectivity index (χ2v) is 4.92. The van der Waals surface area contributed by atoms with Crippen LogP contribution in [0.25, 0.3) is 0 Å². The standard InChI is InChI=1S/C12H26N2/c1-6-7-8-9-13-11(2)10-14-12(3,4)5/h6,11,13-14H,1,7-10H2,2-5H3. The number of hydrogen-bond donors (Lipinski definition) is 2. The Morgan fingerprint density at radius 3 is 2.50 bits per heavy atom. The van der Waals surface area contributed by atoms with Gasteiger partial charge in [-0.15, -0.1) is 6.58 Å². The molecule has 2 N–H and O–H groups in total. The Morgan fingerprint density at radius 1 is 1.36 bits per heavy atom. The fourth-order valence-corrected chi connectivity index (χ4v) is 1.13. The third-order valence-corrected chi connectivity index (χ3v) is 2.02. The lowest BCUT2D eigenvalue weighted by Gasteiger charge is -2.24. The molecule has 0 fully saturated rings. The molecule has 2 nitrogen and oxygen atoms in total. The summed E-state index contributed by atoms with van der Waals surface area (Å²) < 4.78 is 0. The molecule has 0 aliphatic rings. The molecule has 0 bridgehead atoms. The zero-order chi connectivity index (χ0) is 11.0. The Morgan fingerprint density at radius 2 is 2.00 bits per heavy atom. The van der Waals surface area contributed by atoms with E-state index in [0.29, 0.717) is 6.04 Å². The number of rotatable bonds is 7. The highest BCUT2D eigenvalue weighted by molar-refractivity contribution is 4.74. The molecule has 0 spiro atoms. The van der Waals surface area contributed by atoms with Gasteiger partial charge in [-0.2, -0.15) is 0 Å². The Balaban J connectivity index is 3.36. The molecular weight excluding hydrogens is 172 g/mol. The third kappa shape index (κ3) is 9.75. The summed E-state index contributed by atoms with van der Waals surface area (Å²) in [6, 6.07) is 0.541. The van der Waals surface area contributed by atoms with Crippen LogP contribution in [0.4, 0.5) is 0 Å². The van der Waals surface area contributed by atoms with Gasteiger partial charge in [-0.05, 0) is 47.1 Å². The van der Waals surface area contributed by atoms with Crippen LogP contribution < -0.4 is 10.6 Å². The molecular formula is C12H26N2. The molecule has 0 aromatic heterocycles. The molecule has 0 heterocycles. The Kier molecular flexibility index (Phi) is 6.85. The second-order valence-electron chi connectivity index (χ2n) is 4.92. The molecule has 0 saturated carbocycles. The average molecular weight is 198 g/mol. The molecule has 0 amide bonds. The van der Waals surface area contributed by atoms with E-state index in [4.69, 9.17) is 0 Å². The van der Waals surface area contributed by atoms with Crippen molar-refractivity contribution in [2.75, 3.05) is 13.1 Å². The quantitative estimate of drug-likeness (QED) is 0.484. The van der Waals surface area contributed by atoms with Crippen LogP contribution in [0.5, 0.6) is 0 Å². The summed E-state index contributed by atoms with van der Waals surface area (Å²) in [6.45, 7) is 14.6. The average Bonchev–Trinajstić information content (AvgIpc) is 2.08. The van der Waals surface area contributed by atoms with Crippen molar-refractivity contribution in [3.05, 3.63) is 12.7 Å². The highest BCUT2D eigenvalue weighted by Crippen LogP contribution is 1.98. The van der Waals surface area contributed by atoms with E-state index >= 15 is 0 Å². The smallest absolute Gasteiger partial charge is 0.0164 e. The summed E-state index contributed by atoms with van der Waals surface area (Å²) in [6.07, 6.45) is 4.26. The molecule has 0 aliphatic heterocycles. The first-order valence-corrected chi connectivity index (χ1v) is 5.55. The molecule has 0 rings (SSSR count). The molecule has 0 saturated heterocycles. The van der Waals surface area contributed by atoms with Crippen LogP contribution in [0.15, 0.2) is 12.7 Å². The van der Waals surface area contributed by atoms with Crippen LogP contribution in [0, 0.1) is 0 Å². The predicted octanol–water partition coefficient (Wildman–Crippen LogP) is 2.32. The third-order valence-electron chi connectivity index (χ3n) is 2.02. The van der Waals surface area contributed by atoms with E-state index < -0.39 is 0 Å². The van der Waals surface area contributed by atoms with Gasteiger partial charge in [0.2, 0.25) is 0 Å². The monoisotopic (exact) mass is 198 g/mol. The summed E-state index contributed by atoms with van der Waals surface area (Å²) in [4.78, 5) is 0. The van der Waals surface area contributed by atoms with Crippen molar-refractivity contribution >= 4 is 0 Å². The maximum absolute atomic E-state index is 3.71. The zero-order valence-electron chi connectivity index (χ0n) is 10.2. The summed E-state index contributed by atoms with van der Waals surface area (Å²) in [7, 11) is 0. The van der Waals surface area contributed by atoms with Gasteiger partial charge in [0.15, 0.2) is 0 Å².